The second kappa shape index (κ2) is 14.1. The van der Waals surface area contributed by atoms with Gasteiger partial charge in [-0.15, -0.1) is 22.7 Å². The number of benzene rings is 2. The normalized spacial score (nSPS) is 16.1. The largest absolute Gasteiger partial charge is 0.399 e. The summed E-state index contributed by atoms with van der Waals surface area (Å²) in [5.74, 6) is -1.64. The van der Waals surface area contributed by atoms with Crippen LogP contribution in [0.5, 0.6) is 0 Å². The van der Waals surface area contributed by atoms with Gasteiger partial charge in [-0.1, -0.05) is 26.8 Å². The summed E-state index contributed by atoms with van der Waals surface area (Å²) in [5, 5.41) is 2.97. The number of nitrogens with one attached hydrogen (secondary N) is 1. The smallest absolute Gasteiger partial charge is 0.349 e. The highest BCUT2D eigenvalue weighted by Crippen LogP contribution is 2.59. The SMILES string of the molecule is CN(C)C(=O)CCN(C(=O)[C@@H]1CCCN1C(=O)[C@@H](NC(=O)c1cc2cc(C(F)(F)P(=O)(O)O)ccc2s1)C(C)(C)C)c1ccc2scnc2c1. The number of thiophene rings is 1. The van der Waals surface area contributed by atoms with Gasteiger partial charge in [-0.25, -0.2) is 4.98 Å². The van der Waals surface area contributed by atoms with E-state index in [1.165, 1.54) is 38.2 Å². The van der Waals surface area contributed by atoms with E-state index in [2.05, 4.69) is 10.3 Å². The third kappa shape index (κ3) is 7.59. The summed E-state index contributed by atoms with van der Waals surface area (Å²) in [6.45, 7) is 5.66. The number of nitrogens with zero attached hydrogens (tertiary/aromatic N) is 4. The maximum atomic E-state index is 14.4. The van der Waals surface area contributed by atoms with Crippen molar-refractivity contribution in [1.82, 2.24) is 20.1 Å². The Hall–Kier alpha value is -3.82. The second-order valence-electron chi connectivity index (χ2n) is 13.4. The molecule has 0 aliphatic carbocycles. The fraction of sp³-hybridized carbons (Fsp3) is 0.424. The van der Waals surface area contributed by atoms with Gasteiger partial charge in [-0.05, 0) is 60.0 Å². The Bertz CT molecular complexity index is 2000. The molecule has 268 valence electrons. The van der Waals surface area contributed by atoms with Crippen LogP contribution >= 0.6 is 30.3 Å². The molecule has 0 saturated carbocycles. The van der Waals surface area contributed by atoms with Gasteiger partial charge in [0.25, 0.3) is 5.91 Å². The van der Waals surface area contributed by atoms with E-state index in [0.717, 1.165) is 28.2 Å². The van der Waals surface area contributed by atoms with Crippen molar-refractivity contribution >= 4 is 79.9 Å². The Kier molecular flexibility index (Phi) is 10.5. The van der Waals surface area contributed by atoms with E-state index < -0.39 is 48.1 Å². The quantitative estimate of drug-likeness (QED) is 0.182. The molecule has 0 radical (unpaired) electrons. The molecule has 1 fully saturated rings. The zero-order valence-electron chi connectivity index (χ0n) is 28.1. The number of amides is 4. The lowest BCUT2D eigenvalue weighted by Crippen LogP contribution is -2.58. The molecule has 4 amide bonds. The Morgan fingerprint density at radius 2 is 1.78 bits per heavy atom. The summed E-state index contributed by atoms with van der Waals surface area (Å²) in [7, 11) is -2.53. The molecule has 12 nitrogen and oxygen atoms in total. The molecular weight excluding hydrogens is 711 g/mol. The number of thiazole rings is 1. The van der Waals surface area contributed by atoms with Gasteiger partial charge in [0.1, 0.15) is 12.1 Å². The highest BCUT2D eigenvalue weighted by molar-refractivity contribution is 7.52. The van der Waals surface area contributed by atoms with Crippen LogP contribution in [0.4, 0.5) is 14.5 Å². The van der Waals surface area contributed by atoms with Gasteiger partial charge in [-0.2, -0.15) is 8.78 Å². The molecule has 3 N–H and O–H groups in total. The van der Waals surface area contributed by atoms with Gasteiger partial charge >= 0.3 is 13.3 Å². The number of likely N-dealkylation sites (tertiary alicyclic amines) is 1. The molecule has 1 aliphatic rings. The van der Waals surface area contributed by atoms with Gasteiger partial charge < -0.3 is 29.8 Å². The maximum absolute atomic E-state index is 14.4. The van der Waals surface area contributed by atoms with Crippen LogP contribution < -0.4 is 10.2 Å². The minimum absolute atomic E-state index is 0.0583. The van der Waals surface area contributed by atoms with E-state index in [1.54, 1.807) is 52.5 Å². The Balaban J connectivity index is 1.40. The van der Waals surface area contributed by atoms with E-state index in [1.807, 2.05) is 6.07 Å². The van der Waals surface area contributed by atoms with Gasteiger partial charge in [-0.3, -0.25) is 23.7 Å². The standard InChI is InChI=1S/C33H38F2N5O7PS2/c1-32(2,3)28(37-29(42)26-16-19-15-20(8-10-24(19)50-26)33(34,35)48(45,46)47)31(44)40-13-6-7-23(40)30(43)39(14-12-27(41)38(4)5)21-9-11-25-22(17-21)36-18-49-25/h8-11,15-18,23,28H,6-7,12-14H2,1-5H3,(H,37,42)(H2,45,46,47)/t23-,28+/m0/s1. The summed E-state index contributed by atoms with van der Waals surface area (Å²) in [6.07, 6.45) is 0.980. The van der Waals surface area contributed by atoms with Gasteiger partial charge in [0, 0.05) is 49.6 Å². The zero-order chi connectivity index (χ0) is 36.8. The molecule has 1 saturated heterocycles. The van der Waals surface area contributed by atoms with E-state index in [0.29, 0.717) is 28.7 Å². The first kappa shape index (κ1) is 37.4. The van der Waals surface area contributed by atoms with Crippen molar-refractivity contribution in [2.24, 2.45) is 5.41 Å². The lowest BCUT2D eigenvalue weighted by atomic mass is 9.85. The van der Waals surface area contributed by atoms with E-state index in [4.69, 9.17) is 9.79 Å². The molecule has 0 bridgehead atoms. The van der Waals surface area contributed by atoms with Crippen molar-refractivity contribution in [1.29, 1.82) is 0 Å². The van der Waals surface area contributed by atoms with Crippen molar-refractivity contribution in [3.05, 3.63) is 58.4 Å². The van der Waals surface area contributed by atoms with E-state index >= 15 is 0 Å². The molecule has 17 heteroatoms. The molecule has 2 aromatic carbocycles. The van der Waals surface area contributed by atoms with Crippen molar-refractivity contribution in [2.75, 3.05) is 32.1 Å². The third-order valence-corrected chi connectivity index (χ3v) is 11.5. The number of carbonyl (C=O) groups is 4. The number of anilines is 1. The fourth-order valence-electron chi connectivity index (χ4n) is 5.81. The highest BCUT2D eigenvalue weighted by atomic mass is 32.1. The average molecular weight is 750 g/mol. The average Bonchev–Trinajstić information content (AvgIpc) is 3.81. The Labute approximate surface area is 295 Å². The summed E-state index contributed by atoms with van der Waals surface area (Å²) in [6, 6.07) is 7.90. The van der Waals surface area contributed by atoms with Gasteiger partial charge in [0.15, 0.2) is 0 Å². The van der Waals surface area contributed by atoms with Crippen LogP contribution in [-0.4, -0.2) is 87.5 Å². The minimum atomic E-state index is -5.79. The molecule has 0 spiro atoms. The molecule has 1 aliphatic heterocycles. The molecule has 3 heterocycles. The van der Waals surface area contributed by atoms with Crippen LogP contribution in [-0.2, 0) is 24.6 Å². The van der Waals surface area contributed by atoms with Crippen LogP contribution in [0.15, 0.2) is 48.0 Å². The lowest BCUT2D eigenvalue weighted by molar-refractivity contribution is -0.141. The Morgan fingerprint density at radius 3 is 2.44 bits per heavy atom. The zero-order valence-corrected chi connectivity index (χ0v) is 30.6. The van der Waals surface area contributed by atoms with Crippen molar-refractivity contribution in [2.45, 2.75) is 57.8 Å². The number of aromatic nitrogens is 1. The summed E-state index contributed by atoms with van der Waals surface area (Å²) in [4.78, 5) is 81.9. The summed E-state index contributed by atoms with van der Waals surface area (Å²) >= 11 is 2.43. The fourth-order valence-corrected chi connectivity index (χ4v) is 7.89. The predicted octanol–water partition coefficient (Wildman–Crippen LogP) is 5.39. The highest BCUT2D eigenvalue weighted by Gasteiger charge is 2.50. The lowest BCUT2D eigenvalue weighted by Gasteiger charge is -2.36. The van der Waals surface area contributed by atoms with Gasteiger partial charge in [0.2, 0.25) is 17.7 Å². The minimum Gasteiger partial charge on any atom is -0.349 e. The summed E-state index contributed by atoms with van der Waals surface area (Å²) < 4.78 is 41.5. The molecule has 2 atom stereocenters. The molecule has 2 aromatic heterocycles. The molecular formula is C33H38F2N5O7PS2. The topological polar surface area (TPSA) is 160 Å². The molecule has 4 aromatic rings. The van der Waals surface area contributed by atoms with Crippen LogP contribution in [0.3, 0.4) is 0 Å². The number of hydrogen-bond acceptors (Lipinski definition) is 8. The molecule has 0 unspecified atom stereocenters. The first-order valence-corrected chi connectivity index (χ1v) is 19.0. The van der Waals surface area contributed by atoms with Crippen molar-refractivity contribution in [3.63, 3.8) is 0 Å². The van der Waals surface area contributed by atoms with Gasteiger partial charge in [0.05, 0.1) is 20.6 Å². The first-order valence-electron chi connectivity index (χ1n) is 15.7. The molecule has 50 heavy (non-hydrogen) atoms. The third-order valence-electron chi connectivity index (χ3n) is 8.60. The van der Waals surface area contributed by atoms with E-state index in [-0.39, 0.29) is 41.6 Å². The number of carbonyl (C=O) groups excluding carboxylic acids is 4. The van der Waals surface area contributed by atoms with Crippen molar-refractivity contribution < 1.29 is 42.3 Å². The van der Waals surface area contributed by atoms with E-state index in [9.17, 15) is 32.5 Å². The number of rotatable bonds is 10. The number of fused-ring (bicyclic) bond motifs is 2. The first-order chi connectivity index (χ1) is 23.3. The van der Waals surface area contributed by atoms with Crippen molar-refractivity contribution in [3.8, 4) is 0 Å². The predicted molar refractivity (Wildman–Crippen MR) is 188 cm³/mol. The number of alkyl halides is 2. The second-order valence-corrected chi connectivity index (χ2v) is 17.1. The van der Waals surface area contributed by atoms with Crippen LogP contribution in [0, 0.1) is 5.41 Å². The summed E-state index contributed by atoms with van der Waals surface area (Å²) in [5.41, 5.74) is -3.16. The monoisotopic (exact) mass is 749 g/mol. The van der Waals surface area contributed by atoms with Crippen LogP contribution in [0.1, 0.15) is 55.3 Å². The number of hydrogen-bond donors (Lipinski definition) is 3. The maximum Gasteiger partial charge on any atom is 0.399 e. The van der Waals surface area contributed by atoms with Crippen LogP contribution in [0.25, 0.3) is 20.3 Å². The Morgan fingerprint density at radius 1 is 1.08 bits per heavy atom. The van der Waals surface area contributed by atoms with Crippen LogP contribution in [0.2, 0.25) is 0 Å². The molecule has 5 rings (SSSR count). The number of halogens is 2.